The van der Waals surface area contributed by atoms with Gasteiger partial charge in [-0.25, -0.2) is 4.98 Å². The Balaban J connectivity index is 2.34. The molecule has 134 valence electrons. The molecule has 0 aliphatic carbocycles. The van der Waals surface area contributed by atoms with Crippen molar-refractivity contribution in [1.82, 2.24) is 14.9 Å². The van der Waals surface area contributed by atoms with Gasteiger partial charge in [-0.1, -0.05) is 34.1 Å². The molecule has 3 rings (SSSR count). The van der Waals surface area contributed by atoms with Gasteiger partial charge in [0.2, 0.25) is 5.91 Å². The van der Waals surface area contributed by atoms with E-state index in [0.717, 1.165) is 6.42 Å². The predicted octanol–water partition coefficient (Wildman–Crippen LogP) is 2.82. The molecule has 0 radical (unpaired) electrons. The third kappa shape index (κ3) is 2.79. The topological polar surface area (TPSA) is 73.2 Å². The number of fused-ring (bicyclic) bond motifs is 2. The maximum atomic E-state index is 13.2. The van der Waals surface area contributed by atoms with E-state index in [1.807, 2.05) is 13.8 Å². The molecule has 1 N–H and O–H groups in total. The fourth-order valence-corrected chi connectivity index (χ4v) is 3.46. The molecule has 3 atom stereocenters. The fourth-order valence-electron chi connectivity index (χ4n) is 3.46. The van der Waals surface area contributed by atoms with Crippen LogP contribution in [0.15, 0.2) is 23.0 Å². The van der Waals surface area contributed by atoms with Crippen molar-refractivity contribution in [3.05, 3.63) is 34.4 Å². The van der Waals surface area contributed by atoms with Gasteiger partial charge in [0.25, 0.3) is 5.56 Å². The van der Waals surface area contributed by atoms with Gasteiger partial charge in [0, 0.05) is 0 Å². The number of carbonyl (C=O) groups excluding carboxylic acids is 1. The van der Waals surface area contributed by atoms with Gasteiger partial charge in [-0.15, -0.1) is 0 Å². The van der Waals surface area contributed by atoms with Crippen LogP contribution in [0.4, 0.5) is 0 Å². The SMILES string of the molecule is CCC(C)C1NC(=O)C(C(C)C)n2c1nc1ccc(OC)cc1c2=O. The van der Waals surface area contributed by atoms with Crippen LogP contribution in [-0.4, -0.2) is 22.6 Å². The average Bonchev–Trinajstić information content (AvgIpc) is 2.60. The highest BCUT2D eigenvalue weighted by molar-refractivity contribution is 5.84. The number of hydrogen-bond acceptors (Lipinski definition) is 4. The first-order chi connectivity index (χ1) is 11.9. The maximum absolute atomic E-state index is 13.2. The fraction of sp³-hybridized carbons (Fsp3) is 0.526. The molecule has 1 aromatic carbocycles. The first-order valence-corrected chi connectivity index (χ1v) is 8.79. The zero-order valence-corrected chi connectivity index (χ0v) is 15.4. The van der Waals surface area contributed by atoms with Crippen molar-refractivity contribution >= 4 is 16.8 Å². The van der Waals surface area contributed by atoms with Crippen LogP contribution in [0.3, 0.4) is 0 Å². The number of benzene rings is 1. The van der Waals surface area contributed by atoms with Crippen LogP contribution in [-0.2, 0) is 4.79 Å². The van der Waals surface area contributed by atoms with Crippen LogP contribution in [0.2, 0.25) is 0 Å². The lowest BCUT2D eigenvalue weighted by Gasteiger charge is -2.36. The number of aromatic nitrogens is 2. The van der Waals surface area contributed by atoms with Gasteiger partial charge < -0.3 is 10.1 Å². The first-order valence-electron chi connectivity index (χ1n) is 8.79. The Labute approximate surface area is 147 Å². The molecule has 0 saturated heterocycles. The van der Waals surface area contributed by atoms with Gasteiger partial charge in [-0.2, -0.15) is 0 Å². The molecule has 1 amide bonds. The first kappa shape index (κ1) is 17.5. The number of rotatable bonds is 4. The van der Waals surface area contributed by atoms with Crippen molar-refractivity contribution in [2.75, 3.05) is 7.11 Å². The van der Waals surface area contributed by atoms with Crippen LogP contribution in [0.1, 0.15) is 52.0 Å². The molecule has 2 aromatic rings. The summed E-state index contributed by atoms with van der Waals surface area (Å²) in [5.74, 6) is 1.31. The molecule has 6 nitrogen and oxygen atoms in total. The van der Waals surface area contributed by atoms with E-state index in [-0.39, 0.29) is 29.3 Å². The summed E-state index contributed by atoms with van der Waals surface area (Å²) in [7, 11) is 1.56. The Morgan fingerprint density at radius 3 is 2.60 bits per heavy atom. The highest BCUT2D eigenvalue weighted by Crippen LogP contribution is 2.32. The molecule has 1 aromatic heterocycles. The highest BCUT2D eigenvalue weighted by atomic mass is 16.5. The Bertz CT molecular complexity index is 872. The largest absolute Gasteiger partial charge is 0.497 e. The molecular weight excluding hydrogens is 318 g/mol. The number of nitrogens with one attached hydrogen (secondary N) is 1. The van der Waals surface area contributed by atoms with Crippen LogP contribution < -0.4 is 15.6 Å². The van der Waals surface area contributed by atoms with Gasteiger partial charge in [-0.3, -0.25) is 14.2 Å². The molecule has 0 spiro atoms. The Kier molecular flexibility index (Phi) is 4.54. The number of nitrogens with zero attached hydrogens (tertiary/aromatic N) is 2. The van der Waals surface area contributed by atoms with E-state index in [1.54, 1.807) is 29.9 Å². The summed E-state index contributed by atoms with van der Waals surface area (Å²) >= 11 is 0. The molecular formula is C19H25N3O3. The summed E-state index contributed by atoms with van der Waals surface area (Å²) in [6.07, 6.45) is 0.883. The van der Waals surface area contributed by atoms with Crippen molar-refractivity contribution in [3.63, 3.8) is 0 Å². The Morgan fingerprint density at radius 2 is 2.00 bits per heavy atom. The molecule has 1 aliphatic heterocycles. The Hall–Kier alpha value is -2.37. The van der Waals surface area contributed by atoms with Gasteiger partial charge in [0.15, 0.2) is 0 Å². The van der Waals surface area contributed by atoms with E-state index in [9.17, 15) is 9.59 Å². The number of hydrogen-bond donors (Lipinski definition) is 1. The van der Waals surface area contributed by atoms with E-state index in [0.29, 0.717) is 22.5 Å². The quantitative estimate of drug-likeness (QED) is 0.926. The lowest BCUT2D eigenvalue weighted by Crippen LogP contribution is -2.50. The third-order valence-electron chi connectivity index (χ3n) is 5.10. The van der Waals surface area contributed by atoms with Crippen LogP contribution in [0.5, 0.6) is 5.75 Å². The zero-order valence-electron chi connectivity index (χ0n) is 15.4. The second-order valence-electron chi connectivity index (χ2n) is 7.09. The molecule has 6 heteroatoms. The summed E-state index contributed by atoms with van der Waals surface area (Å²) in [4.78, 5) is 30.7. The minimum Gasteiger partial charge on any atom is -0.497 e. The van der Waals surface area contributed by atoms with Gasteiger partial charge in [0.05, 0.1) is 24.1 Å². The number of amides is 1. The monoisotopic (exact) mass is 343 g/mol. The predicted molar refractivity (Wildman–Crippen MR) is 96.8 cm³/mol. The van der Waals surface area contributed by atoms with E-state index >= 15 is 0 Å². The van der Waals surface area contributed by atoms with Crippen LogP contribution in [0.25, 0.3) is 10.9 Å². The molecule has 2 heterocycles. The standard InChI is InChI=1S/C19H25N3O3/c1-6-11(4)15-17-20-14-8-7-12(25-5)9-13(14)19(24)22(17)16(10(2)3)18(23)21-15/h7-11,15-16H,6H2,1-5H3,(H,21,23). The van der Waals surface area contributed by atoms with Crippen LogP contribution in [0, 0.1) is 11.8 Å². The van der Waals surface area contributed by atoms with Gasteiger partial charge in [-0.05, 0) is 30.0 Å². The minimum absolute atomic E-state index is 0.0146. The maximum Gasteiger partial charge on any atom is 0.262 e. The molecule has 0 saturated carbocycles. The van der Waals surface area contributed by atoms with Crippen molar-refractivity contribution in [3.8, 4) is 5.75 Å². The van der Waals surface area contributed by atoms with Gasteiger partial charge >= 0.3 is 0 Å². The smallest absolute Gasteiger partial charge is 0.262 e. The molecule has 3 unspecified atom stereocenters. The minimum atomic E-state index is -0.550. The number of ether oxygens (including phenoxy) is 1. The molecule has 25 heavy (non-hydrogen) atoms. The van der Waals surface area contributed by atoms with Crippen molar-refractivity contribution < 1.29 is 9.53 Å². The second-order valence-corrected chi connectivity index (χ2v) is 7.09. The Morgan fingerprint density at radius 1 is 1.28 bits per heavy atom. The summed E-state index contributed by atoms with van der Waals surface area (Å²) in [5, 5.41) is 3.56. The number of carbonyl (C=O) groups is 1. The normalized spacial score (nSPS) is 21.1. The summed E-state index contributed by atoms with van der Waals surface area (Å²) in [6.45, 7) is 8.02. The number of methoxy groups -OCH3 is 1. The van der Waals surface area contributed by atoms with E-state index in [1.165, 1.54) is 0 Å². The lowest BCUT2D eigenvalue weighted by atomic mass is 9.92. The van der Waals surface area contributed by atoms with Crippen molar-refractivity contribution in [2.24, 2.45) is 11.8 Å². The van der Waals surface area contributed by atoms with Gasteiger partial charge in [0.1, 0.15) is 17.6 Å². The summed E-state index contributed by atoms with van der Waals surface area (Å²) < 4.78 is 6.84. The van der Waals surface area contributed by atoms with Crippen molar-refractivity contribution in [1.29, 1.82) is 0 Å². The van der Waals surface area contributed by atoms with E-state index in [4.69, 9.17) is 9.72 Å². The highest BCUT2D eigenvalue weighted by Gasteiger charge is 2.38. The zero-order chi connectivity index (χ0) is 18.3. The molecule has 0 fully saturated rings. The van der Waals surface area contributed by atoms with E-state index in [2.05, 4.69) is 19.2 Å². The van der Waals surface area contributed by atoms with Crippen LogP contribution >= 0.6 is 0 Å². The molecule has 1 aliphatic rings. The van der Waals surface area contributed by atoms with Crippen molar-refractivity contribution in [2.45, 2.75) is 46.2 Å². The lowest BCUT2D eigenvalue weighted by molar-refractivity contribution is -0.128. The molecule has 0 bridgehead atoms. The second kappa shape index (κ2) is 6.50. The third-order valence-corrected chi connectivity index (χ3v) is 5.10. The van der Waals surface area contributed by atoms with E-state index < -0.39 is 6.04 Å². The average molecular weight is 343 g/mol. The summed E-state index contributed by atoms with van der Waals surface area (Å²) in [6, 6.07) is 4.48. The summed E-state index contributed by atoms with van der Waals surface area (Å²) in [5.41, 5.74) is 0.449.